The molecular formula is C16H18ClNO3S. The normalized spacial score (nSPS) is 11.4. The summed E-state index contributed by atoms with van der Waals surface area (Å²) in [5, 5.41) is 0.199. The Morgan fingerprint density at radius 3 is 2.55 bits per heavy atom. The lowest BCUT2D eigenvalue weighted by molar-refractivity contribution is 0.320. The van der Waals surface area contributed by atoms with Gasteiger partial charge in [0.05, 0.1) is 5.02 Å². The average Bonchev–Trinajstić information content (AvgIpc) is 2.48. The second-order valence-corrected chi connectivity index (χ2v) is 7.02. The van der Waals surface area contributed by atoms with Gasteiger partial charge in [-0.25, -0.2) is 13.1 Å². The molecule has 0 heterocycles. The van der Waals surface area contributed by atoms with Crippen molar-refractivity contribution in [3.63, 3.8) is 0 Å². The van der Waals surface area contributed by atoms with Crippen molar-refractivity contribution in [1.29, 1.82) is 0 Å². The number of hydrogen-bond acceptors (Lipinski definition) is 3. The zero-order valence-corrected chi connectivity index (χ0v) is 14.0. The Hall–Kier alpha value is -1.56. The van der Waals surface area contributed by atoms with Crippen LogP contribution in [0.15, 0.2) is 47.4 Å². The highest BCUT2D eigenvalue weighted by Gasteiger charge is 2.16. The van der Waals surface area contributed by atoms with Gasteiger partial charge in [0.15, 0.2) is 0 Å². The molecule has 0 saturated carbocycles. The molecule has 0 amide bonds. The maximum atomic E-state index is 12.1. The van der Waals surface area contributed by atoms with Crippen LogP contribution in [0.25, 0.3) is 0 Å². The molecule has 0 unspecified atom stereocenters. The molecule has 2 aromatic rings. The summed E-state index contributed by atoms with van der Waals surface area (Å²) in [6.45, 7) is 4.38. The van der Waals surface area contributed by atoms with E-state index in [4.69, 9.17) is 16.3 Å². The number of sulfonamides is 1. The van der Waals surface area contributed by atoms with Crippen LogP contribution in [0.1, 0.15) is 11.1 Å². The third kappa shape index (κ3) is 4.00. The van der Waals surface area contributed by atoms with Crippen LogP contribution < -0.4 is 9.46 Å². The molecule has 0 spiro atoms. The van der Waals surface area contributed by atoms with Crippen LogP contribution in [0.4, 0.5) is 0 Å². The molecule has 0 aliphatic rings. The Balaban J connectivity index is 1.94. The summed E-state index contributed by atoms with van der Waals surface area (Å²) in [5.41, 5.74) is 2.19. The molecule has 0 atom stereocenters. The molecule has 0 aliphatic carbocycles. The van der Waals surface area contributed by atoms with Crippen molar-refractivity contribution in [2.75, 3.05) is 13.2 Å². The lowest BCUT2D eigenvalue weighted by Gasteiger charge is -2.12. The van der Waals surface area contributed by atoms with Crippen LogP contribution in [0, 0.1) is 13.8 Å². The van der Waals surface area contributed by atoms with Crippen molar-refractivity contribution < 1.29 is 13.2 Å². The minimum Gasteiger partial charge on any atom is -0.492 e. The number of hydrogen-bond donors (Lipinski definition) is 1. The molecule has 2 aromatic carbocycles. The number of ether oxygens (including phenoxy) is 1. The molecule has 2 rings (SSSR count). The van der Waals surface area contributed by atoms with E-state index in [0.717, 1.165) is 16.9 Å². The highest BCUT2D eigenvalue weighted by molar-refractivity contribution is 7.89. The van der Waals surface area contributed by atoms with E-state index in [9.17, 15) is 8.42 Å². The van der Waals surface area contributed by atoms with Gasteiger partial charge in [-0.2, -0.15) is 0 Å². The van der Waals surface area contributed by atoms with Gasteiger partial charge in [-0.05, 0) is 43.2 Å². The van der Waals surface area contributed by atoms with Crippen molar-refractivity contribution in [2.24, 2.45) is 0 Å². The van der Waals surface area contributed by atoms with Crippen LogP contribution in [-0.4, -0.2) is 21.6 Å². The summed E-state index contributed by atoms with van der Waals surface area (Å²) < 4.78 is 32.4. The molecule has 0 aliphatic heterocycles. The van der Waals surface area contributed by atoms with Crippen LogP contribution >= 0.6 is 11.6 Å². The fraction of sp³-hybridized carbons (Fsp3) is 0.250. The summed E-state index contributed by atoms with van der Waals surface area (Å²) in [7, 11) is -3.63. The largest absolute Gasteiger partial charge is 0.492 e. The molecule has 0 bridgehead atoms. The van der Waals surface area contributed by atoms with E-state index in [-0.39, 0.29) is 23.1 Å². The Labute approximate surface area is 136 Å². The SMILES string of the molecule is Cc1cccc(OCCNS(=O)(=O)c2ccccc2Cl)c1C. The van der Waals surface area contributed by atoms with E-state index in [0.29, 0.717) is 0 Å². The highest BCUT2D eigenvalue weighted by atomic mass is 35.5. The summed E-state index contributed by atoms with van der Waals surface area (Å²) in [6, 6.07) is 12.1. The van der Waals surface area contributed by atoms with Crippen molar-refractivity contribution >= 4 is 21.6 Å². The first-order chi connectivity index (χ1) is 10.4. The van der Waals surface area contributed by atoms with Gasteiger partial charge < -0.3 is 4.74 Å². The van der Waals surface area contributed by atoms with Gasteiger partial charge in [0.25, 0.3) is 0 Å². The second kappa shape index (κ2) is 7.13. The Morgan fingerprint density at radius 1 is 1.09 bits per heavy atom. The van der Waals surface area contributed by atoms with Crippen LogP contribution in [-0.2, 0) is 10.0 Å². The molecule has 22 heavy (non-hydrogen) atoms. The van der Waals surface area contributed by atoms with Crippen molar-refractivity contribution in [1.82, 2.24) is 4.72 Å². The Bertz CT molecular complexity index is 760. The third-order valence-corrected chi connectivity index (χ3v) is 5.29. The topological polar surface area (TPSA) is 55.4 Å². The van der Waals surface area contributed by atoms with E-state index in [1.165, 1.54) is 6.07 Å². The van der Waals surface area contributed by atoms with Crippen molar-refractivity contribution in [3.05, 3.63) is 58.6 Å². The van der Waals surface area contributed by atoms with E-state index in [2.05, 4.69) is 4.72 Å². The molecule has 1 N–H and O–H groups in total. The van der Waals surface area contributed by atoms with Crippen LogP contribution in [0.2, 0.25) is 5.02 Å². The predicted octanol–water partition coefficient (Wildman–Crippen LogP) is 3.31. The van der Waals surface area contributed by atoms with Gasteiger partial charge in [-0.3, -0.25) is 0 Å². The summed E-state index contributed by atoms with van der Waals surface area (Å²) in [4.78, 5) is 0.0726. The van der Waals surface area contributed by atoms with E-state index in [1.807, 2.05) is 32.0 Å². The lowest BCUT2D eigenvalue weighted by atomic mass is 10.1. The van der Waals surface area contributed by atoms with E-state index >= 15 is 0 Å². The lowest BCUT2D eigenvalue weighted by Crippen LogP contribution is -2.28. The summed E-state index contributed by atoms with van der Waals surface area (Å²) in [5.74, 6) is 0.761. The first kappa shape index (κ1) is 16.8. The molecule has 0 fully saturated rings. The van der Waals surface area contributed by atoms with Gasteiger partial charge in [-0.15, -0.1) is 0 Å². The number of halogens is 1. The fourth-order valence-corrected chi connectivity index (χ4v) is 3.49. The standard InChI is InChI=1S/C16H18ClNO3S/c1-12-6-5-8-15(13(12)2)21-11-10-18-22(19,20)16-9-4-3-7-14(16)17/h3-9,18H,10-11H2,1-2H3. The molecule has 6 heteroatoms. The highest BCUT2D eigenvalue weighted by Crippen LogP contribution is 2.21. The van der Waals surface area contributed by atoms with Gasteiger partial charge in [0.2, 0.25) is 10.0 Å². The van der Waals surface area contributed by atoms with Crippen LogP contribution in [0.5, 0.6) is 5.75 Å². The monoisotopic (exact) mass is 339 g/mol. The zero-order valence-electron chi connectivity index (χ0n) is 12.5. The molecule has 0 aromatic heterocycles. The smallest absolute Gasteiger partial charge is 0.242 e. The van der Waals surface area contributed by atoms with E-state index < -0.39 is 10.0 Å². The van der Waals surface area contributed by atoms with Crippen molar-refractivity contribution in [3.8, 4) is 5.75 Å². The molecule has 4 nitrogen and oxygen atoms in total. The average molecular weight is 340 g/mol. The maximum Gasteiger partial charge on any atom is 0.242 e. The van der Waals surface area contributed by atoms with E-state index in [1.54, 1.807) is 18.2 Å². The minimum absolute atomic E-state index is 0.0726. The van der Waals surface area contributed by atoms with Gasteiger partial charge in [0.1, 0.15) is 17.3 Å². The summed E-state index contributed by atoms with van der Waals surface area (Å²) >= 11 is 5.91. The first-order valence-corrected chi connectivity index (χ1v) is 8.71. The third-order valence-electron chi connectivity index (χ3n) is 3.33. The van der Waals surface area contributed by atoms with Gasteiger partial charge >= 0.3 is 0 Å². The molecule has 0 saturated heterocycles. The second-order valence-electron chi connectivity index (χ2n) is 4.87. The number of aryl methyl sites for hydroxylation is 1. The summed E-state index contributed by atoms with van der Waals surface area (Å²) in [6.07, 6.45) is 0. The fourth-order valence-electron chi connectivity index (χ4n) is 1.96. The van der Waals surface area contributed by atoms with Gasteiger partial charge in [-0.1, -0.05) is 35.9 Å². The molecular weight excluding hydrogens is 322 g/mol. The van der Waals surface area contributed by atoms with Crippen LogP contribution in [0.3, 0.4) is 0 Å². The number of rotatable bonds is 6. The minimum atomic E-state index is -3.63. The molecule has 118 valence electrons. The number of nitrogens with one attached hydrogen (secondary N) is 1. The maximum absolute atomic E-state index is 12.1. The Kier molecular flexibility index (Phi) is 5.45. The zero-order chi connectivity index (χ0) is 16.2. The van der Waals surface area contributed by atoms with Gasteiger partial charge in [0, 0.05) is 6.54 Å². The predicted molar refractivity (Wildman–Crippen MR) is 88.1 cm³/mol. The first-order valence-electron chi connectivity index (χ1n) is 6.85. The molecule has 0 radical (unpaired) electrons. The van der Waals surface area contributed by atoms with Crippen molar-refractivity contribution in [2.45, 2.75) is 18.7 Å². The number of benzene rings is 2. The Morgan fingerprint density at radius 2 is 1.82 bits per heavy atom. The quantitative estimate of drug-likeness (QED) is 0.821.